The minimum Gasteiger partial charge on any atom is -0.481 e. The molecule has 1 N–H and O–H groups in total. The Morgan fingerprint density at radius 1 is 1.45 bits per heavy atom. The molecule has 0 fully saturated rings. The zero-order valence-electron chi connectivity index (χ0n) is 11.0. The van der Waals surface area contributed by atoms with Gasteiger partial charge in [-0.3, -0.25) is 9.10 Å². The van der Waals surface area contributed by atoms with E-state index in [1.54, 1.807) is 23.9 Å². The van der Waals surface area contributed by atoms with Gasteiger partial charge in [0.25, 0.3) is 0 Å². The molecule has 6 nitrogen and oxygen atoms in total. The Kier molecular flexibility index (Phi) is 4.56. The van der Waals surface area contributed by atoms with Crippen LogP contribution in [-0.2, 0) is 15.0 Å². The van der Waals surface area contributed by atoms with Crippen molar-refractivity contribution in [1.29, 1.82) is 0 Å². The van der Waals surface area contributed by atoms with E-state index < -0.39 is 16.2 Å². The van der Waals surface area contributed by atoms with E-state index in [2.05, 4.69) is 0 Å². The maximum absolute atomic E-state index is 12.5. The maximum Gasteiger partial charge on any atom is 0.304 e. The molecule has 0 saturated heterocycles. The van der Waals surface area contributed by atoms with E-state index in [0.717, 1.165) is 9.20 Å². The Hall–Kier alpha value is -1.25. The van der Waals surface area contributed by atoms with Gasteiger partial charge in [-0.1, -0.05) is 12.1 Å². The average molecular weight is 316 g/mol. The number of fused-ring (bicyclic) bond motifs is 1. The molecule has 2 rings (SSSR count). The topological polar surface area (TPSA) is 77.9 Å². The number of carbonyl (C=O) groups is 1. The van der Waals surface area contributed by atoms with Crippen LogP contribution in [0.3, 0.4) is 0 Å². The summed E-state index contributed by atoms with van der Waals surface area (Å²) in [7, 11) is -2.28. The van der Waals surface area contributed by atoms with Crippen molar-refractivity contribution < 1.29 is 18.3 Å². The van der Waals surface area contributed by atoms with Crippen molar-refractivity contribution in [2.75, 3.05) is 30.2 Å². The first kappa shape index (κ1) is 15.1. The molecule has 0 radical (unpaired) electrons. The van der Waals surface area contributed by atoms with Crippen LogP contribution >= 0.6 is 11.8 Å². The lowest BCUT2D eigenvalue weighted by Gasteiger charge is -2.33. The van der Waals surface area contributed by atoms with Gasteiger partial charge in [0.1, 0.15) is 0 Å². The van der Waals surface area contributed by atoms with Crippen LogP contribution in [0, 0.1) is 0 Å². The highest BCUT2D eigenvalue weighted by Crippen LogP contribution is 2.36. The summed E-state index contributed by atoms with van der Waals surface area (Å²) in [5, 5.41) is 8.66. The molecule has 8 heteroatoms. The number of benzene rings is 1. The smallest absolute Gasteiger partial charge is 0.304 e. The van der Waals surface area contributed by atoms with Crippen LogP contribution in [-0.4, -0.2) is 49.7 Å². The minimum atomic E-state index is -3.68. The van der Waals surface area contributed by atoms with Crippen molar-refractivity contribution in [2.45, 2.75) is 11.3 Å². The highest BCUT2D eigenvalue weighted by Gasteiger charge is 2.31. The Bertz CT molecular complexity index is 603. The molecule has 0 amide bonds. The monoisotopic (exact) mass is 316 g/mol. The molecular formula is C12H16N2O4S2. The number of rotatable bonds is 5. The zero-order valence-corrected chi connectivity index (χ0v) is 12.7. The minimum absolute atomic E-state index is 0.0382. The third kappa shape index (κ3) is 3.08. The lowest BCUT2D eigenvalue weighted by molar-refractivity contribution is -0.137. The first-order chi connectivity index (χ1) is 9.43. The molecule has 0 unspecified atom stereocenters. The van der Waals surface area contributed by atoms with E-state index in [1.807, 2.05) is 12.1 Å². The predicted molar refractivity (Wildman–Crippen MR) is 78.3 cm³/mol. The van der Waals surface area contributed by atoms with Gasteiger partial charge in [-0.05, 0) is 12.1 Å². The summed E-state index contributed by atoms with van der Waals surface area (Å²) in [4.78, 5) is 11.5. The second-order valence-corrected chi connectivity index (χ2v) is 7.46. The van der Waals surface area contributed by atoms with E-state index in [0.29, 0.717) is 18.0 Å². The van der Waals surface area contributed by atoms with Gasteiger partial charge in [0.05, 0.1) is 12.1 Å². The average Bonchev–Trinajstić information content (AvgIpc) is 2.43. The molecule has 0 bridgehead atoms. The van der Waals surface area contributed by atoms with Crippen LogP contribution in [0.4, 0.5) is 5.69 Å². The van der Waals surface area contributed by atoms with E-state index in [4.69, 9.17) is 5.11 Å². The number of nitrogens with zero attached hydrogens (tertiary/aromatic N) is 2. The number of hydrogen-bond acceptors (Lipinski definition) is 4. The molecule has 0 saturated carbocycles. The second-order valence-electron chi connectivity index (χ2n) is 4.36. The molecule has 0 atom stereocenters. The lowest BCUT2D eigenvalue weighted by atomic mass is 10.3. The van der Waals surface area contributed by atoms with Gasteiger partial charge in [0, 0.05) is 30.8 Å². The van der Waals surface area contributed by atoms with Crippen LogP contribution in [0.25, 0.3) is 0 Å². The highest BCUT2D eigenvalue weighted by molar-refractivity contribution is 7.99. The van der Waals surface area contributed by atoms with Crippen LogP contribution in [0.2, 0.25) is 0 Å². The maximum atomic E-state index is 12.5. The van der Waals surface area contributed by atoms with Crippen molar-refractivity contribution in [3.05, 3.63) is 24.3 Å². The molecule has 0 aliphatic carbocycles. The fraction of sp³-hybridized carbons (Fsp3) is 0.417. The standard InChI is InChI=1S/C12H16N2O4S2/c1-13(7-6-12(15)16)20(17,18)14-8-9-19-11-5-3-2-4-10(11)14/h2-5H,6-9H2,1H3,(H,15,16). The summed E-state index contributed by atoms with van der Waals surface area (Å²) >= 11 is 1.62. The van der Waals surface area contributed by atoms with Crippen molar-refractivity contribution in [2.24, 2.45) is 0 Å². The van der Waals surface area contributed by atoms with Gasteiger partial charge in [0.15, 0.2) is 0 Å². The molecule has 20 heavy (non-hydrogen) atoms. The van der Waals surface area contributed by atoms with Crippen LogP contribution < -0.4 is 4.31 Å². The fourth-order valence-electron chi connectivity index (χ4n) is 1.92. The second kappa shape index (κ2) is 6.02. The van der Waals surface area contributed by atoms with Gasteiger partial charge in [-0.2, -0.15) is 12.7 Å². The molecule has 0 spiro atoms. The quantitative estimate of drug-likeness (QED) is 0.884. The molecular weight excluding hydrogens is 300 g/mol. The van der Waals surface area contributed by atoms with Crippen LogP contribution in [0.5, 0.6) is 0 Å². The summed E-state index contributed by atoms with van der Waals surface area (Å²) < 4.78 is 27.5. The third-order valence-corrected chi connectivity index (χ3v) is 5.95. The van der Waals surface area contributed by atoms with Gasteiger partial charge in [0.2, 0.25) is 0 Å². The summed E-state index contributed by atoms with van der Waals surface area (Å²) in [6, 6.07) is 7.32. The number of carboxylic acids is 1. The van der Waals surface area contributed by atoms with Crippen LogP contribution in [0.1, 0.15) is 6.42 Å². The SMILES string of the molecule is CN(CCC(=O)O)S(=O)(=O)N1CCSc2ccccc21. The van der Waals surface area contributed by atoms with Gasteiger partial charge in [-0.15, -0.1) is 11.8 Å². The van der Waals surface area contributed by atoms with E-state index in [-0.39, 0.29) is 13.0 Å². The number of aliphatic carboxylic acids is 1. The van der Waals surface area contributed by atoms with E-state index in [1.165, 1.54) is 11.4 Å². The molecule has 1 aromatic carbocycles. The largest absolute Gasteiger partial charge is 0.481 e. The van der Waals surface area contributed by atoms with E-state index >= 15 is 0 Å². The molecule has 1 aliphatic heterocycles. The Balaban J connectivity index is 2.24. The molecule has 0 aromatic heterocycles. The third-order valence-electron chi connectivity index (χ3n) is 3.00. The van der Waals surface area contributed by atoms with Crippen molar-refractivity contribution in [3.63, 3.8) is 0 Å². The molecule has 1 aromatic rings. The zero-order chi connectivity index (χ0) is 14.8. The summed E-state index contributed by atoms with van der Waals surface area (Å²) in [6.45, 7) is 0.352. The Labute approximate surface area is 122 Å². The molecule has 1 aliphatic rings. The van der Waals surface area contributed by atoms with E-state index in [9.17, 15) is 13.2 Å². The van der Waals surface area contributed by atoms with Gasteiger partial charge < -0.3 is 5.11 Å². The summed E-state index contributed by atoms with van der Waals surface area (Å²) in [6.07, 6.45) is -0.208. The van der Waals surface area contributed by atoms with Crippen molar-refractivity contribution in [1.82, 2.24) is 4.31 Å². The molecule has 1 heterocycles. The van der Waals surface area contributed by atoms with Gasteiger partial charge >= 0.3 is 16.2 Å². The normalized spacial score (nSPS) is 15.2. The number of hydrogen-bond donors (Lipinski definition) is 1. The first-order valence-corrected chi connectivity index (χ1v) is 8.49. The van der Waals surface area contributed by atoms with Crippen LogP contribution in [0.15, 0.2) is 29.2 Å². The number of thioether (sulfide) groups is 1. The van der Waals surface area contributed by atoms with Crippen molar-refractivity contribution >= 4 is 33.6 Å². The van der Waals surface area contributed by atoms with Crippen molar-refractivity contribution in [3.8, 4) is 0 Å². The summed E-state index contributed by atoms with van der Waals surface area (Å²) in [5.41, 5.74) is 0.658. The first-order valence-electron chi connectivity index (χ1n) is 6.10. The molecule has 110 valence electrons. The predicted octanol–water partition coefficient (Wildman–Crippen LogP) is 1.25. The highest BCUT2D eigenvalue weighted by atomic mass is 32.2. The number of para-hydroxylation sites is 1. The fourth-order valence-corrected chi connectivity index (χ4v) is 4.48. The Morgan fingerprint density at radius 2 is 2.15 bits per heavy atom. The lowest BCUT2D eigenvalue weighted by Crippen LogP contribution is -2.45. The van der Waals surface area contributed by atoms with Gasteiger partial charge in [-0.25, -0.2) is 0 Å². The summed E-state index contributed by atoms with van der Waals surface area (Å²) in [5.74, 6) is -0.329. The Morgan fingerprint density at radius 3 is 2.85 bits per heavy atom. The number of anilines is 1. The number of carboxylic acid groups (broad SMARTS) is 1.